The number of alkyl halides is 4. The maximum atomic E-state index is 12.3. The summed E-state index contributed by atoms with van der Waals surface area (Å²) >= 11 is 2.79. The molecule has 0 amide bonds. The minimum atomic E-state index is -4.08. The van der Waals surface area contributed by atoms with E-state index in [4.69, 9.17) is 0 Å². The topological polar surface area (TPSA) is 0 Å². The minimum absolute atomic E-state index is 0.233. The molecule has 11 heavy (non-hydrogen) atoms. The van der Waals surface area contributed by atoms with Gasteiger partial charge in [0.2, 0.25) is 0 Å². The lowest BCUT2D eigenvalue weighted by Crippen LogP contribution is -2.40. The molecular weight excluding hydrogens is 221 g/mol. The van der Waals surface area contributed by atoms with Gasteiger partial charge in [0.1, 0.15) is 4.32 Å². The van der Waals surface area contributed by atoms with Gasteiger partial charge in [-0.05, 0) is 12.8 Å². The van der Waals surface area contributed by atoms with Crippen molar-refractivity contribution < 1.29 is 13.2 Å². The van der Waals surface area contributed by atoms with Crippen molar-refractivity contribution >= 4 is 15.9 Å². The van der Waals surface area contributed by atoms with E-state index in [9.17, 15) is 13.2 Å². The average Bonchev–Trinajstić information content (AvgIpc) is 1.87. The summed E-state index contributed by atoms with van der Waals surface area (Å²) in [5.41, 5.74) is 0. The quantitative estimate of drug-likeness (QED) is 0.558. The summed E-state index contributed by atoms with van der Waals surface area (Å²) in [5.74, 6) is 0. The van der Waals surface area contributed by atoms with E-state index in [1.165, 1.54) is 0 Å². The zero-order chi connectivity index (χ0) is 8.54. The van der Waals surface area contributed by atoms with Crippen LogP contribution < -0.4 is 0 Å². The third-order valence-corrected chi connectivity index (χ3v) is 3.40. The Kier molecular flexibility index (Phi) is 2.52. The van der Waals surface area contributed by atoms with Crippen molar-refractivity contribution in [3.8, 4) is 0 Å². The van der Waals surface area contributed by atoms with Crippen molar-refractivity contribution in [3.05, 3.63) is 0 Å². The van der Waals surface area contributed by atoms with E-state index in [1.807, 2.05) is 0 Å². The standard InChI is InChI=1S/C7H10BrF3/c8-6(7(9,10)11)4-2-1-3-5-6/h1-5H2. The molecule has 0 nitrogen and oxygen atoms in total. The van der Waals surface area contributed by atoms with Crippen LogP contribution in [0.2, 0.25) is 0 Å². The second-order valence-corrected chi connectivity index (χ2v) is 4.54. The molecule has 0 radical (unpaired) electrons. The Labute approximate surface area is 72.3 Å². The van der Waals surface area contributed by atoms with Gasteiger partial charge in [0, 0.05) is 0 Å². The van der Waals surface area contributed by atoms with Crippen molar-refractivity contribution in [2.45, 2.75) is 42.6 Å². The zero-order valence-corrected chi connectivity index (χ0v) is 7.63. The lowest BCUT2D eigenvalue weighted by atomic mass is 9.88. The lowest BCUT2D eigenvalue weighted by Gasteiger charge is -2.33. The molecule has 0 heterocycles. The second kappa shape index (κ2) is 2.96. The second-order valence-electron chi connectivity index (χ2n) is 3.02. The summed E-state index contributed by atoms with van der Waals surface area (Å²) < 4.78 is 35.3. The van der Waals surface area contributed by atoms with Gasteiger partial charge in [0.05, 0.1) is 0 Å². The zero-order valence-electron chi connectivity index (χ0n) is 6.05. The number of hydrogen-bond donors (Lipinski definition) is 0. The molecule has 0 aromatic rings. The van der Waals surface area contributed by atoms with E-state index in [0.717, 1.165) is 6.42 Å². The summed E-state index contributed by atoms with van der Waals surface area (Å²) in [6.45, 7) is 0. The fourth-order valence-corrected chi connectivity index (χ4v) is 1.96. The third-order valence-electron chi connectivity index (χ3n) is 2.15. The summed E-state index contributed by atoms with van der Waals surface area (Å²) in [6, 6.07) is 0. The molecule has 66 valence electrons. The van der Waals surface area contributed by atoms with Crippen molar-refractivity contribution in [1.82, 2.24) is 0 Å². The fourth-order valence-electron chi connectivity index (χ4n) is 1.40. The Morgan fingerprint density at radius 3 is 1.73 bits per heavy atom. The van der Waals surface area contributed by atoms with Crippen LogP contribution in [-0.4, -0.2) is 10.5 Å². The monoisotopic (exact) mass is 230 g/mol. The van der Waals surface area contributed by atoms with Gasteiger partial charge in [-0.1, -0.05) is 35.2 Å². The molecule has 1 rings (SSSR count). The lowest BCUT2D eigenvalue weighted by molar-refractivity contribution is -0.163. The van der Waals surface area contributed by atoms with Gasteiger partial charge < -0.3 is 0 Å². The highest BCUT2D eigenvalue weighted by Crippen LogP contribution is 2.47. The third kappa shape index (κ3) is 1.89. The Hall–Kier alpha value is 0.270. The van der Waals surface area contributed by atoms with Crippen LogP contribution >= 0.6 is 15.9 Å². The van der Waals surface area contributed by atoms with Gasteiger partial charge in [-0.25, -0.2) is 0 Å². The molecule has 1 saturated carbocycles. The van der Waals surface area contributed by atoms with E-state index in [2.05, 4.69) is 15.9 Å². The Morgan fingerprint density at radius 2 is 1.45 bits per heavy atom. The molecule has 1 aliphatic carbocycles. The summed E-state index contributed by atoms with van der Waals surface area (Å²) in [6.07, 6.45) is -1.31. The molecule has 0 saturated heterocycles. The van der Waals surface area contributed by atoms with E-state index in [0.29, 0.717) is 12.8 Å². The SMILES string of the molecule is FC(F)(F)C1(Br)CCCCC1. The smallest absolute Gasteiger partial charge is 0.169 e. The normalized spacial score (nSPS) is 25.1. The first-order valence-corrected chi connectivity index (χ1v) is 4.51. The number of rotatable bonds is 0. The maximum Gasteiger partial charge on any atom is 0.403 e. The van der Waals surface area contributed by atoms with Gasteiger partial charge in [0.15, 0.2) is 0 Å². The first-order valence-electron chi connectivity index (χ1n) is 3.71. The first-order chi connectivity index (χ1) is 4.96. The van der Waals surface area contributed by atoms with Crippen LogP contribution in [0.3, 0.4) is 0 Å². The Balaban J connectivity index is 2.64. The van der Waals surface area contributed by atoms with Gasteiger partial charge in [0.25, 0.3) is 0 Å². The molecule has 0 N–H and O–H groups in total. The van der Waals surface area contributed by atoms with Crippen molar-refractivity contribution in [2.75, 3.05) is 0 Å². The van der Waals surface area contributed by atoms with E-state index >= 15 is 0 Å². The summed E-state index contributed by atoms with van der Waals surface area (Å²) in [7, 11) is 0. The van der Waals surface area contributed by atoms with Gasteiger partial charge in [-0.2, -0.15) is 13.2 Å². The fraction of sp³-hybridized carbons (Fsp3) is 1.00. The number of hydrogen-bond acceptors (Lipinski definition) is 0. The molecule has 0 spiro atoms. The Bertz CT molecular complexity index is 135. The van der Waals surface area contributed by atoms with Crippen LogP contribution in [0.25, 0.3) is 0 Å². The van der Waals surface area contributed by atoms with Crippen LogP contribution in [-0.2, 0) is 0 Å². The van der Waals surface area contributed by atoms with Crippen molar-refractivity contribution in [2.24, 2.45) is 0 Å². The molecule has 0 aromatic heterocycles. The molecule has 1 aliphatic rings. The van der Waals surface area contributed by atoms with E-state index in [1.54, 1.807) is 0 Å². The highest BCUT2D eigenvalue weighted by Gasteiger charge is 2.52. The van der Waals surface area contributed by atoms with Crippen molar-refractivity contribution in [3.63, 3.8) is 0 Å². The van der Waals surface area contributed by atoms with E-state index < -0.39 is 10.5 Å². The summed E-state index contributed by atoms with van der Waals surface area (Å²) in [4.78, 5) is 0. The highest BCUT2D eigenvalue weighted by molar-refractivity contribution is 9.10. The molecule has 0 aliphatic heterocycles. The number of halogens is 4. The minimum Gasteiger partial charge on any atom is -0.169 e. The predicted octanol–water partition coefficient (Wildman–Crippen LogP) is 3.65. The molecule has 1 fully saturated rings. The van der Waals surface area contributed by atoms with Crippen LogP contribution in [0.4, 0.5) is 13.2 Å². The molecule has 0 unspecified atom stereocenters. The molecule has 0 aromatic carbocycles. The highest BCUT2D eigenvalue weighted by atomic mass is 79.9. The molecule has 0 bridgehead atoms. The van der Waals surface area contributed by atoms with Gasteiger partial charge in [-0.3, -0.25) is 0 Å². The van der Waals surface area contributed by atoms with Crippen molar-refractivity contribution in [1.29, 1.82) is 0 Å². The maximum absolute atomic E-state index is 12.3. The van der Waals surface area contributed by atoms with Gasteiger partial charge >= 0.3 is 6.18 Å². The average molecular weight is 231 g/mol. The Morgan fingerprint density at radius 1 is 1.00 bits per heavy atom. The molecule has 4 heteroatoms. The van der Waals surface area contributed by atoms with Crippen LogP contribution in [0, 0.1) is 0 Å². The molecular formula is C7H10BrF3. The van der Waals surface area contributed by atoms with Crippen LogP contribution in [0.1, 0.15) is 32.1 Å². The van der Waals surface area contributed by atoms with Gasteiger partial charge in [-0.15, -0.1) is 0 Å². The van der Waals surface area contributed by atoms with Crippen LogP contribution in [0.5, 0.6) is 0 Å². The first kappa shape index (κ1) is 9.36. The summed E-state index contributed by atoms with van der Waals surface area (Å²) in [5, 5.41) is 0. The largest absolute Gasteiger partial charge is 0.403 e. The molecule has 0 atom stereocenters. The van der Waals surface area contributed by atoms with Crippen LogP contribution in [0.15, 0.2) is 0 Å². The van der Waals surface area contributed by atoms with E-state index in [-0.39, 0.29) is 12.8 Å². The predicted molar refractivity (Wildman–Crippen MR) is 40.8 cm³/mol.